The van der Waals surface area contributed by atoms with Crippen LogP contribution < -0.4 is 0 Å². The van der Waals surface area contributed by atoms with Gasteiger partial charge in [0.1, 0.15) is 0 Å². The lowest BCUT2D eigenvalue weighted by molar-refractivity contribution is 0.612. The van der Waals surface area contributed by atoms with Gasteiger partial charge >= 0.3 is 0 Å². The molecule has 0 radical (unpaired) electrons. The molecule has 0 unspecified atom stereocenters. The van der Waals surface area contributed by atoms with E-state index < -0.39 is 0 Å². The first kappa shape index (κ1) is 5.58. The zero-order chi connectivity index (χ0) is 5.82. The zero-order valence-electron chi connectivity index (χ0n) is 4.80. The molecule has 2 heteroatoms. The molecule has 0 amide bonds. The lowest BCUT2D eigenvalue weighted by Crippen LogP contribution is -1.94. The molecule has 1 rings (SSSR count). The molecule has 0 aromatic rings. The van der Waals surface area contributed by atoms with Crippen LogP contribution >= 0.6 is 0 Å². The highest BCUT2D eigenvalue weighted by Gasteiger charge is 2.04. The molecule has 2 nitrogen and oxygen atoms in total. The second-order valence-electron chi connectivity index (χ2n) is 2.15. The molecule has 0 N–H and O–H groups in total. The molecule has 0 spiro atoms. The van der Waals surface area contributed by atoms with Gasteiger partial charge in [0.25, 0.3) is 0 Å². The minimum absolute atomic E-state index is 0.583. The molecule has 1 aliphatic heterocycles. The van der Waals surface area contributed by atoms with E-state index in [0.29, 0.717) is 12.3 Å². The van der Waals surface area contributed by atoms with E-state index in [9.17, 15) is 0 Å². The Morgan fingerprint density at radius 1 is 1.75 bits per heavy atom. The SMILES string of the molecule is N#CC[C@@H]1CC[N-]C1. The number of hydrogen-bond donors (Lipinski definition) is 0. The number of nitriles is 1. The van der Waals surface area contributed by atoms with Gasteiger partial charge in [-0.05, 0) is 5.92 Å². The van der Waals surface area contributed by atoms with Crippen LogP contribution in [0.1, 0.15) is 12.8 Å². The molecule has 0 aromatic carbocycles. The second-order valence-corrected chi connectivity index (χ2v) is 2.15. The highest BCUT2D eigenvalue weighted by atomic mass is 14.9. The fourth-order valence-corrected chi connectivity index (χ4v) is 0.935. The smallest absolute Gasteiger partial charge is 0.0623 e. The van der Waals surface area contributed by atoms with Gasteiger partial charge in [0.05, 0.1) is 6.07 Å². The molecule has 1 saturated heterocycles. The summed E-state index contributed by atoms with van der Waals surface area (Å²) in [5, 5.41) is 12.4. The van der Waals surface area contributed by atoms with E-state index in [4.69, 9.17) is 5.26 Å². The van der Waals surface area contributed by atoms with Gasteiger partial charge < -0.3 is 5.32 Å². The third-order valence-corrected chi connectivity index (χ3v) is 1.46. The van der Waals surface area contributed by atoms with Crippen LogP contribution in [-0.4, -0.2) is 13.1 Å². The largest absolute Gasteiger partial charge is 0.662 e. The molecule has 1 atom stereocenters. The summed E-state index contributed by atoms with van der Waals surface area (Å²) in [5.74, 6) is 0.583. The minimum atomic E-state index is 0.583. The first-order valence-electron chi connectivity index (χ1n) is 2.93. The monoisotopic (exact) mass is 109 g/mol. The third-order valence-electron chi connectivity index (χ3n) is 1.46. The number of nitrogens with zero attached hydrogens (tertiary/aromatic N) is 2. The molecule has 0 aliphatic carbocycles. The maximum atomic E-state index is 8.24. The first-order valence-corrected chi connectivity index (χ1v) is 2.93. The Morgan fingerprint density at radius 2 is 2.62 bits per heavy atom. The van der Waals surface area contributed by atoms with Gasteiger partial charge in [-0.15, -0.1) is 13.1 Å². The van der Waals surface area contributed by atoms with E-state index in [1.54, 1.807) is 0 Å². The van der Waals surface area contributed by atoms with Crippen LogP contribution in [0.3, 0.4) is 0 Å². The summed E-state index contributed by atoms with van der Waals surface area (Å²) in [6.07, 6.45) is 1.83. The predicted molar refractivity (Wildman–Crippen MR) is 31.4 cm³/mol. The molecule has 0 bridgehead atoms. The molecular weight excluding hydrogens is 100 g/mol. The standard InChI is InChI=1S/C6H9N2/c7-3-1-6-2-4-8-5-6/h6H,1-2,4-5H2/q-1/t6-/m1/s1. The van der Waals surface area contributed by atoms with Crippen molar-refractivity contribution >= 4 is 0 Å². The van der Waals surface area contributed by atoms with Crippen molar-refractivity contribution in [2.45, 2.75) is 12.8 Å². The molecule has 8 heavy (non-hydrogen) atoms. The quantitative estimate of drug-likeness (QED) is 0.500. The van der Waals surface area contributed by atoms with Crippen molar-refractivity contribution in [1.29, 1.82) is 5.26 Å². The summed E-state index contributed by atoms with van der Waals surface area (Å²) < 4.78 is 0. The molecule has 1 heterocycles. The van der Waals surface area contributed by atoms with Gasteiger partial charge in [-0.1, -0.05) is 6.42 Å². The van der Waals surface area contributed by atoms with Crippen molar-refractivity contribution in [3.63, 3.8) is 0 Å². The van der Waals surface area contributed by atoms with Gasteiger partial charge in [-0.25, -0.2) is 0 Å². The van der Waals surface area contributed by atoms with E-state index in [1.807, 2.05) is 0 Å². The van der Waals surface area contributed by atoms with Crippen molar-refractivity contribution in [2.24, 2.45) is 5.92 Å². The Hall–Kier alpha value is -0.550. The minimum Gasteiger partial charge on any atom is -0.662 e. The average Bonchev–Trinajstić information content (AvgIpc) is 2.19. The van der Waals surface area contributed by atoms with Crippen LogP contribution in [0.15, 0.2) is 0 Å². The summed E-state index contributed by atoms with van der Waals surface area (Å²) in [5.41, 5.74) is 0. The van der Waals surface area contributed by atoms with Crippen LogP contribution in [-0.2, 0) is 0 Å². The summed E-state index contributed by atoms with van der Waals surface area (Å²) in [6.45, 7) is 1.90. The van der Waals surface area contributed by atoms with Crippen LogP contribution in [0.25, 0.3) is 5.32 Å². The molecule has 0 saturated carbocycles. The van der Waals surface area contributed by atoms with Gasteiger partial charge in [0.2, 0.25) is 0 Å². The summed E-state index contributed by atoms with van der Waals surface area (Å²) >= 11 is 0. The van der Waals surface area contributed by atoms with E-state index in [1.165, 1.54) is 0 Å². The molecular formula is C6H9N2-. The molecule has 1 aliphatic rings. The van der Waals surface area contributed by atoms with Crippen molar-refractivity contribution in [3.8, 4) is 6.07 Å². The lowest BCUT2D eigenvalue weighted by atomic mass is 10.1. The Morgan fingerprint density at radius 3 is 3.12 bits per heavy atom. The van der Waals surface area contributed by atoms with E-state index in [2.05, 4.69) is 11.4 Å². The lowest BCUT2D eigenvalue weighted by Gasteiger charge is -2.06. The summed E-state index contributed by atoms with van der Waals surface area (Å²) in [4.78, 5) is 0. The maximum Gasteiger partial charge on any atom is 0.0623 e. The van der Waals surface area contributed by atoms with E-state index in [-0.39, 0.29) is 0 Å². The van der Waals surface area contributed by atoms with Crippen LogP contribution in [0.4, 0.5) is 0 Å². The second kappa shape index (κ2) is 2.68. The van der Waals surface area contributed by atoms with Gasteiger partial charge in [-0.3, -0.25) is 0 Å². The van der Waals surface area contributed by atoms with Gasteiger partial charge in [0, 0.05) is 6.42 Å². The molecule has 0 aromatic heterocycles. The molecule has 44 valence electrons. The topological polar surface area (TPSA) is 37.9 Å². The fourth-order valence-electron chi connectivity index (χ4n) is 0.935. The summed E-state index contributed by atoms with van der Waals surface area (Å²) in [7, 11) is 0. The van der Waals surface area contributed by atoms with Crippen molar-refractivity contribution in [1.82, 2.24) is 0 Å². The highest BCUT2D eigenvalue weighted by Crippen LogP contribution is 2.18. The Labute approximate surface area is 49.5 Å². The van der Waals surface area contributed by atoms with Crippen molar-refractivity contribution < 1.29 is 0 Å². The summed E-state index contributed by atoms with van der Waals surface area (Å²) in [6, 6.07) is 2.15. The van der Waals surface area contributed by atoms with Crippen LogP contribution in [0, 0.1) is 17.2 Å². The number of hydrogen-bond acceptors (Lipinski definition) is 1. The van der Waals surface area contributed by atoms with Gasteiger partial charge in [0.15, 0.2) is 0 Å². The first-order chi connectivity index (χ1) is 3.93. The predicted octanol–water partition coefficient (Wildman–Crippen LogP) is 1.29. The van der Waals surface area contributed by atoms with Crippen molar-refractivity contribution in [2.75, 3.05) is 13.1 Å². The fraction of sp³-hybridized carbons (Fsp3) is 0.833. The third kappa shape index (κ3) is 1.21. The number of rotatable bonds is 1. The van der Waals surface area contributed by atoms with E-state index in [0.717, 1.165) is 19.5 Å². The maximum absolute atomic E-state index is 8.24. The van der Waals surface area contributed by atoms with Crippen molar-refractivity contribution in [3.05, 3.63) is 5.32 Å². The highest BCUT2D eigenvalue weighted by molar-refractivity contribution is 4.95. The van der Waals surface area contributed by atoms with E-state index >= 15 is 0 Å². The Balaban J connectivity index is 2.17. The average molecular weight is 109 g/mol. The van der Waals surface area contributed by atoms with Crippen LogP contribution in [0.5, 0.6) is 0 Å². The normalized spacial score (nSPS) is 27.6. The van der Waals surface area contributed by atoms with Gasteiger partial charge in [-0.2, -0.15) is 5.26 Å². The van der Waals surface area contributed by atoms with Crippen LogP contribution in [0.2, 0.25) is 0 Å². The Bertz CT molecular complexity index is 97.6. The Kier molecular flexibility index (Phi) is 1.87. The zero-order valence-corrected chi connectivity index (χ0v) is 4.80. The molecule has 1 fully saturated rings.